The SMILES string of the molecule is CC(=O)N[C@H]1[C@H](O[C@@H]2[C@@H](CO)[O+](O)[C@@H]3N[C@@]3(NC(C)=O)[C@H]2O)O[C@H](CO)[C@@H](O)[C@@H]1O. The van der Waals surface area contributed by atoms with Gasteiger partial charge in [-0.3, -0.25) is 9.59 Å². The van der Waals surface area contributed by atoms with Crippen molar-refractivity contribution in [3.05, 3.63) is 0 Å². The molecule has 0 aromatic carbocycles. The number of rotatable bonds is 6. The van der Waals surface area contributed by atoms with Gasteiger partial charge in [0.25, 0.3) is 6.23 Å². The second-order valence-electron chi connectivity index (χ2n) is 7.62. The van der Waals surface area contributed by atoms with Gasteiger partial charge >= 0.3 is 0 Å². The molecule has 0 aromatic heterocycles. The van der Waals surface area contributed by atoms with E-state index in [-0.39, 0.29) is 0 Å². The van der Waals surface area contributed by atoms with E-state index in [4.69, 9.17) is 9.47 Å². The predicted octanol–water partition coefficient (Wildman–Crippen LogP) is -5.16. The highest BCUT2D eigenvalue weighted by Gasteiger charge is 2.77. The average Bonchev–Trinajstić information content (AvgIpc) is 3.40. The third-order valence-corrected chi connectivity index (χ3v) is 5.50. The first kappa shape index (κ1) is 23.2. The number of hydrogen-bond donors (Lipinski definition) is 9. The molecule has 172 valence electrons. The second-order valence-corrected chi connectivity index (χ2v) is 7.62. The Morgan fingerprint density at radius 2 is 1.80 bits per heavy atom. The van der Waals surface area contributed by atoms with Crippen LogP contribution in [0.2, 0.25) is 0 Å². The zero-order valence-corrected chi connectivity index (χ0v) is 16.3. The van der Waals surface area contributed by atoms with Gasteiger partial charge in [0.15, 0.2) is 12.4 Å². The summed E-state index contributed by atoms with van der Waals surface area (Å²) in [6, 6.07) is -1.30. The quantitative estimate of drug-likeness (QED) is 0.108. The lowest BCUT2D eigenvalue weighted by atomic mass is 9.94. The summed E-state index contributed by atoms with van der Waals surface area (Å²) in [4.78, 5) is 23.1. The molecule has 3 saturated heterocycles. The van der Waals surface area contributed by atoms with Crippen LogP contribution in [0, 0.1) is 0 Å². The van der Waals surface area contributed by atoms with Crippen molar-refractivity contribution >= 4 is 11.8 Å². The summed E-state index contributed by atoms with van der Waals surface area (Å²) in [7, 11) is 0. The summed E-state index contributed by atoms with van der Waals surface area (Å²) in [5.74, 6) is -1.09. The molecule has 0 radical (unpaired) electrons. The highest BCUT2D eigenvalue weighted by Crippen LogP contribution is 2.43. The molecule has 3 aliphatic rings. The molecule has 3 heterocycles. The van der Waals surface area contributed by atoms with Crippen molar-refractivity contribution in [1.82, 2.24) is 16.0 Å². The summed E-state index contributed by atoms with van der Waals surface area (Å²) in [5.41, 5.74) is -1.49. The van der Waals surface area contributed by atoms with Crippen LogP contribution in [0.4, 0.5) is 0 Å². The van der Waals surface area contributed by atoms with Crippen LogP contribution in [-0.4, -0.2) is 117 Å². The summed E-state index contributed by atoms with van der Waals surface area (Å²) >= 11 is 0. The minimum absolute atomic E-state index is 0.511. The lowest BCUT2D eigenvalue weighted by molar-refractivity contribution is -0.503. The highest BCUT2D eigenvalue weighted by molar-refractivity contribution is 5.74. The van der Waals surface area contributed by atoms with Gasteiger partial charge in [-0.05, 0) is 0 Å². The smallest absolute Gasteiger partial charge is 0.293 e. The van der Waals surface area contributed by atoms with Crippen LogP contribution in [0.25, 0.3) is 0 Å². The Bertz CT molecular complexity index is 668. The molecule has 0 bridgehead atoms. The molecule has 0 saturated carbocycles. The Hall–Kier alpha value is -1.46. The number of carbonyl (C=O) groups excluding carboxylic acids is 2. The second kappa shape index (κ2) is 8.58. The molecule has 10 atom stereocenters. The first-order valence-electron chi connectivity index (χ1n) is 9.38. The fraction of sp³-hybridized carbons (Fsp3) is 0.875. The predicted molar refractivity (Wildman–Crippen MR) is 94.3 cm³/mol. The largest absolute Gasteiger partial charge is 0.394 e. The van der Waals surface area contributed by atoms with E-state index < -0.39 is 85.9 Å². The van der Waals surface area contributed by atoms with E-state index in [1.807, 2.05) is 0 Å². The van der Waals surface area contributed by atoms with Gasteiger partial charge in [-0.15, -0.1) is 5.26 Å². The van der Waals surface area contributed by atoms with Gasteiger partial charge in [0.2, 0.25) is 23.6 Å². The normalized spacial score (nSPS) is 46.1. The molecule has 0 spiro atoms. The van der Waals surface area contributed by atoms with Crippen molar-refractivity contribution in [2.24, 2.45) is 0 Å². The van der Waals surface area contributed by atoms with Crippen LogP contribution in [0.15, 0.2) is 0 Å². The first-order valence-corrected chi connectivity index (χ1v) is 9.38. The molecule has 3 fully saturated rings. The average molecular weight is 438 g/mol. The Labute approximate surface area is 171 Å². The highest BCUT2D eigenvalue weighted by atomic mass is 17.2. The zero-order valence-electron chi connectivity index (χ0n) is 16.3. The number of amides is 2. The third kappa shape index (κ3) is 3.91. The Morgan fingerprint density at radius 3 is 2.33 bits per heavy atom. The molecule has 0 aromatic rings. The number of ether oxygens (including phenoxy) is 2. The van der Waals surface area contributed by atoms with Gasteiger partial charge in [-0.2, -0.15) is 0 Å². The van der Waals surface area contributed by atoms with Crippen molar-refractivity contribution in [2.45, 2.75) is 74.7 Å². The van der Waals surface area contributed by atoms with E-state index in [9.17, 15) is 40.4 Å². The standard InChI is InChI=1S/C16H27N3O11/c1-5(22)17-9-11(25)10(24)7(3-20)28-14(9)29-12-8(4-21)30(27)15-16(19-15,13(12)26)18-6(2)23/h7-15,19-21,24-27H,3-4H2,1-2H3,(H-,17,18,22,23)/p+1/t7-,8-,9-,10-,11-,12-,13+,14+,15+,16+/m1/s1. The monoisotopic (exact) mass is 438 g/mol. The minimum atomic E-state index is -1.59. The topological polar surface area (TPSA) is 223 Å². The van der Waals surface area contributed by atoms with Crippen LogP contribution in [0.5, 0.6) is 0 Å². The molecule has 30 heavy (non-hydrogen) atoms. The van der Waals surface area contributed by atoms with Crippen molar-refractivity contribution < 1.29 is 54.4 Å². The van der Waals surface area contributed by atoms with Crippen LogP contribution in [-0.2, 0) is 23.6 Å². The maximum atomic E-state index is 11.6. The molecule has 2 amide bonds. The summed E-state index contributed by atoms with van der Waals surface area (Å²) in [6.45, 7) is 1.00. The fourth-order valence-corrected chi connectivity index (χ4v) is 3.99. The van der Waals surface area contributed by atoms with Gasteiger partial charge in [0.1, 0.15) is 37.1 Å². The van der Waals surface area contributed by atoms with Crippen LogP contribution in [0.1, 0.15) is 13.8 Å². The molecule has 0 aliphatic carbocycles. The van der Waals surface area contributed by atoms with Crippen molar-refractivity contribution in [2.75, 3.05) is 13.2 Å². The van der Waals surface area contributed by atoms with Crippen LogP contribution < -0.4 is 16.0 Å². The number of aliphatic hydroxyl groups is 5. The summed E-state index contributed by atoms with van der Waals surface area (Å²) in [6.07, 6.45) is -11.0. The summed E-state index contributed by atoms with van der Waals surface area (Å²) < 4.78 is 12.9. The number of fused-ring (bicyclic) bond motifs is 1. The maximum Gasteiger partial charge on any atom is 0.293 e. The lowest BCUT2D eigenvalue weighted by Gasteiger charge is -2.45. The molecule has 3 rings (SSSR count). The van der Waals surface area contributed by atoms with Gasteiger partial charge in [-0.1, -0.05) is 0 Å². The minimum Gasteiger partial charge on any atom is -0.394 e. The maximum absolute atomic E-state index is 11.6. The number of hydrogen-bond acceptors (Lipinski definition) is 11. The van der Waals surface area contributed by atoms with Crippen LogP contribution in [0.3, 0.4) is 0 Å². The molecule has 0 unspecified atom stereocenters. The fourth-order valence-electron chi connectivity index (χ4n) is 3.99. The molecular formula is C16H28N3O11+. The Morgan fingerprint density at radius 1 is 1.13 bits per heavy atom. The van der Waals surface area contributed by atoms with E-state index in [1.165, 1.54) is 6.92 Å². The van der Waals surface area contributed by atoms with E-state index in [2.05, 4.69) is 16.0 Å². The van der Waals surface area contributed by atoms with Gasteiger partial charge in [0, 0.05) is 13.8 Å². The Balaban J connectivity index is 1.87. The molecule has 14 heteroatoms. The van der Waals surface area contributed by atoms with Crippen molar-refractivity contribution in [1.29, 1.82) is 0 Å². The molecular weight excluding hydrogens is 410 g/mol. The lowest BCUT2D eigenvalue weighted by Crippen LogP contribution is -2.69. The van der Waals surface area contributed by atoms with Crippen molar-refractivity contribution in [3.8, 4) is 0 Å². The van der Waals surface area contributed by atoms with Gasteiger partial charge < -0.3 is 45.6 Å². The third-order valence-electron chi connectivity index (χ3n) is 5.50. The van der Waals surface area contributed by atoms with Gasteiger partial charge in [-0.25, -0.2) is 9.83 Å². The number of aliphatic hydroxyl groups excluding tert-OH is 5. The molecule has 14 nitrogen and oxygen atoms in total. The van der Waals surface area contributed by atoms with Crippen LogP contribution >= 0.6 is 0 Å². The zero-order chi connectivity index (χ0) is 22.4. The van der Waals surface area contributed by atoms with E-state index in [0.29, 0.717) is 0 Å². The number of carbonyl (C=O) groups is 2. The first-order chi connectivity index (χ1) is 14.1. The molecule has 3 aliphatic heterocycles. The van der Waals surface area contributed by atoms with E-state index in [0.717, 1.165) is 6.92 Å². The summed E-state index contributed by atoms with van der Waals surface area (Å²) in [5, 5.41) is 68.3. The van der Waals surface area contributed by atoms with Crippen molar-refractivity contribution in [3.63, 3.8) is 0 Å². The van der Waals surface area contributed by atoms with Gasteiger partial charge in [0.05, 0.1) is 6.61 Å². The van der Waals surface area contributed by atoms with E-state index >= 15 is 0 Å². The Kier molecular flexibility index (Phi) is 6.64. The molecule has 9 N–H and O–H groups in total. The number of nitrogens with one attached hydrogen (secondary N) is 3. The van der Waals surface area contributed by atoms with E-state index in [1.54, 1.807) is 4.52 Å².